The first-order chi connectivity index (χ1) is 10.3. The van der Waals surface area contributed by atoms with Crippen LogP contribution in [0.2, 0.25) is 0 Å². The molecule has 22 heavy (non-hydrogen) atoms. The van der Waals surface area contributed by atoms with Gasteiger partial charge in [-0.1, -0.05) is 12.1 Å². The molecule has 0 saturated heterocycles. The van der Waals surface area contributed by atoms with Crippen molar-refractivity contribution in [2.75, 3.05) is 6.26 Å². The average molecular weight is 324 g/mol. The quantitative estimate of drug-likeness (QED) is 0.612. The fraction of sp³-hybridized carbons (Fsp3) is 0.167. The summed E-state index contributed by atoms with van der Waals surface area (Å²) in [5, 5.41) is 13.0. The number of nitrogens with zero attached hydrogens (tertiary/aromatic N) is 2. The summed E-state index contributed by atoms with van der Waals surface area (Å²) in [5.41, 5.74) is 0.682. The average Bonchev–Trinajstić information content (AvgIpc) is 2.94. The van der Waals surface area contributed by atoms with Crippen molar-refractivity contribution in [3.05, 3.63) is 52.0 Å². The third kappa shape index (κ3) is 3.67. The Kier molecular flexibility index (Phi) is 4.22. The number of nitro groups is 1. The zero-order valence-corrected chi connectivity index (χ0v) is 12.3. The van der Waals surface area contributed by atoms with Gasteiger partial charge < -0.3 is 15.4 Å². The Morgan fingerprint density at radius 1 is 1.36 bits per heavy atom. The molecule has 9 nitrogen and oxygen atoms in total. The van der Waals surface area contributed by atoms with E-state index in [0.29, 0.717) is 5.56 Å². The number of nitrogens with one attached hydrogen (secondary N) is 2. The van der Waals surface area contributed by atoms with E-state index in [2.05, 4.69) is 15.3 Å². The fourth-order valence-corrected chi connectivity index (χ4v) is 2.27. The molecule has 0 atom stereocenters. The minimum atomic E-state index is -3.27. The maximum atomic E-state index is 11.8. The number of aromatic amines is 1. The molecule has 0 unspecified atom stereocenters. The number of sulfone groups is 1. The number of benzene rings is 1. The molecular weight excluding hydrogens is 312 g/mol. The fourth-order valence-electron chi connectivity index (χ4n) is 1.64. The lowest BCUT2D eigenvalue weighted by Crippen LogP contribution is -2.24. The number of amides is 1. The minimum Gasteiger partial charge on any atom is -0.358 e. The van der Waals surface area contributed by atoms with Crippen LogP contribution in [0.3, 0.4) is 0 Å². The summed E-state index contributed by atoms with van der Waals surface area (Å²) in [6.07, 6.45) is 2.06. The van der Waals surface area contributed by atoms with Crippen molar-refractivity contribution in [2.45, 2.75) is 11.4 Å². The van der Waals surface area contributed by atoms with Gasteiger partial charge in [0.15, 0.2) is 9.84 Å². The third-order valence-corrected chi connectivity index (χ3v) is 3.91. The van der Waals surface area contributed by atoms with Crippen LogP contribution in [0, 0.1) is 10.1 Å². The molecule has 0 spiro atoms. The third-order valence-electron chi connectivity index (χ3n) is 2.78. The Bertz CT molecular complexity index is 810. The first kappa shape index (κ1) is 15.6. The molecule has 2 rings (SSSR count). The summed E-state index contributed by atoms with van der Waals surface area (Å²) in [7, 11) is -3.27. The number of imidazole rings is 1. The second-order valence-corrected chi connectivity index (χ2v) is 6.49. The Morgan fingerprint density at radius 3 is 2.50 bits per heavy atom. The number of H-pyrrole nitrogens is 1. The molecule has 1 aromatic carbocycles. The second kappa shape index (κ2) is 5.93. The summed E-state index contributed by atoms with van der Waals surface area (Å²) in [4.78, 5) is 27.6. The van der Waals surface area contributed by atoms with Crippen LogP contribution in [0.4, 0.5) is 5.82 Å². The Balaban J connectivity index is 2.00. The van der Waals surface area contributed by atoms with Crippen LogP contribution in [0.1, 0.15) is 16.2 Å². The minimum absolute atomic E-state index is 0.136. The van der Waals surface area contributed by atoms with E-state index >= 15 is 0 Å². The summed E-state index contributed by atoms with van der Waals surface area (Å²) in [5.74, 6) is -1.14. The van der Waals surface area contributed by atoms with Gasteiger partial charge in [-0.15, -0.1) is 0 Å². The Morgan fingerprint density at radius 2 is 2.00 bits per heavy atom. The molecular formula is C12H12N4O5S. The van der Waals surface area contributed by atoms with Gasteiger partial charge in [-0.25, -0.2) is 18.4 Å². The van der Waals surface area contributed by atoms with Gasteiger partial charge in [0.1, 0.15) is 6.20 Å². The predicted octanol–water partition coefficient (Wildman–Crippen LogP) is 0.651. The normalized spacial score (nSPS) is 11.1. The van der Waals surface area contributed by atoms with Gasteiger partial charge in [0.25, 0.3) is 5.82 Å². The Hall–Kier alpha value is -2.75. The van der Waals surface area contributed by atoms with Gasteiger partial charge in [-0.2, -0.15) is 0 Å². The van der Waals surface area contributed by atoms with Crippen molar-refractivity contribution in [3.63, 3.8) is 0 Å². The molecule has 1 aromatic heterocycles. The van der Waals surface area contributed by atoms with Gasteiger partial charge in [0.2, 0.25) is 0 Å². The molecule has 116 valence electrons. The monoisotopic (exact) mass is 324 g/mol. The van der Waals surface area contributed by atoms with Gasteiger partial charge in [-0.3, -0.25) is 4.79 Å². The van der Waals surface area contributed by atoms with Crippen LogP contribution in [0.25, 0.3) is 0 Å². The van der Waals surface area contributed by atoms with Crippen molar-refractivity contribution >= 4 is 21.6 Å². The van der Waals surface area contributed by atoms with E-state index in [-0.39, 0.29) is 23.1 Å². The lowest BCUT2D eigenvalue weighted by molar-refractivity contribution is -0.389. The Labute approximate surface area is 125 Å². The molecule has 0 fully saturated rings. The first-order valence-electron chi connectivity index (χ1n) is 6.04. The summed E-state index contributed by atoms with van der Waals surface area (Å²) in [6, 6.07) is 6.02. The maximum Gasteiger partial charge on any atom is 0.341 e. The van der Waals surface area contributed by atoms with Crippen molar-refractivity contribution in [1.29, 1.82) is 0 Å². The highest BCUT2D eigenvalue weighted by atomic mass is 32.2. The molecule has 2 N–H and O–H groups in total. The van der Waals surface area contributed by atoms with E-state index in [1.54, 1.807) is 12.1 Å². The summed E-state index contributed by atoms with van der Waals surface area (Å²) < 4.78 is 22.6. The van der Waals surface area contributed by atoms with Crippen molar-refractivity contribution < 1.29 is 18.1 Å². The summed E-state index contributed by atoms with van der Waals surface area (Å²) >= 11 is 0. The van der Waals surface area contributed by atoms with E-state index in [1.165, 1.54) is 12.1 Å². The molecule has 0 aliphatic rings. The zero-order valence-electron chi connectivity index (χ0n) is 11.4. The van der Waals surface area contributed by atoms with E-state index in [0.717, 1.165) is 12.5 Å². The number of carbonyl (C=O) groups excluding carboxylic acids is 1. The number of carbonyl (C=O) groups is 1. The van der Waals surface area contributed by atoms with Crippen molar-refractivity contribution in [3.8, 4) is 0 Å². The highest BCUT2D eigenvalue weighted by Crippen LogP contribution is 2.10. The van der Waals surface area contributed by atoms with E-state index in [1.807, 2.05) is 0 Å². The first-order valence-corrected chi connectivity index (χ1v) is 7.93. The maximum absolute atomic E-state index is 11.8. The molecule has 0 saturated carbocycles. The predicted molar refractivity (Wildman–Crippen MR) is 76.0 cm³/mol. The number of rotatable bonds is 5. The second-order valence-electron chi connectivity index (χ2n) is 4.47. The largest absolute Gasteiger partial charge is 0.358 e. The van der Waals surface area contributed by atoms with Gasteiger partial charge >= 0.3 is 11.7 Å². The van der Waals surface area contributed by atoms with Gasteiger partial charge in [0.05, 0.1) is 4.90 Å². The van der Waals surface area contributed by atoms with Crippen molar-refractivity contribution in [2.24, 2.45) is 0 Å². The SMILES string of the molecule is CS(=O)(=O)c1ccc(CNC(=O)c2ncc([N+](=O)[O-])[nH]2)cc1. The molecule has 0 aliphatic heterocycles. The van der Waals surface area contributed by atoms with Crippen LogP contribution in [0.15, 0.2) is 35.4 Å². The standard InChI is InChI=1S/C12H12N4O5S/c1-22(20,21)9-4-2-8(3-5-9)6-14-12(17)11-13-7-10(15-11)16(18)19/h2-5,7H,6H2,1H3,(H,13,15)(H,14,17). The zero-order chi connectivity index (χ0) is 16.3. The summed E-state index contributed by atoms with van der Waals surface area (Å²) in [6.45, 7) is 0.136. The highest BCUT2D eigenvalue weighted by molar-refractivity contribution is 7.90. The number of aromatic nitrogens is 2. The topological polar surface area (TPSA) is 135 Å². The van der Waals surface area contributed by atoms with Crippen LogP contribution >= 0.6 is 0 Å². The highest BCUT2D eigenvalue weighted by Gasteiger charge is 2.17. The van der Waals surface area contributed by atoms with Crippen LogP contribution in [-0.4, -0.2) is 35.5 Å². The molecule has 0 radical (unpaired) electrons. The van der Waals surface area contributed by atoms with E-state index in [4.69, 9.17) is 0 Å². The van der Waals surface area contributed by atoms with E-state index in [9.17, 15) is 23.3 Å². The lowest BCUT2D eigenvalue weighted by Gasteiger charge is -2.04. The lowest BCUT2D eigenvalue weighted by atomic mass is 10.2. The molecule has 2 aromatic rings. The molecule has 10 heteroatoms. The molecule has 0 bridgehead atoms. The smallest absolute Gasteiger partial charge is 0.341 e. The molecule has 0 aliphatic carbocycles. The van der Waals surface area contributed by atoms with E-state index < -0.39 is 20.7 Å². The van der Waals surface area contributed by atoms with Crippen LogP contribution in [-0.2, 0) is 16.4 Å². The van der Waals surface area contributed by atoms with Crippen LogP contribution < -0.4 is 5.32 Å². The van der Waals surface area contributed by atoms with Gasteiger partial charge in [0, 0.05) is 12.8 Å². The van der Waals surface area contributed by atoms with Gasteiger partial charge in [-0.05, 0) is 22.6 Å². The van der Waals surface area contributed by atoms with Crippen LogP contribution in [0.5, 0.6) is 0 Å². The number of hydrogen-bond acceptors (Lipinski definition) is 6. The molecule has 1 heterocycles. The number of hydrogen-bond donors (Lipinski definition) is 2. The molecule has 1 amide bonds. The van der Waals surface area contributed by atoms with Crippen molar-refractivity contribution in [1.82, 2.24) is 15.3 Å².